The van der Waals surface area contributed by atoms with Crippen LogP contribution in [0.25, 0.3) is 11.0 Å². The van der Waals surface area contributed by atoms with Crippen LogP contribution in [0.15, 0.2) is 52.2 Å². The summed E-state index contributed by atoms with van der Waals surface area (Å²) in [5, 5.41) is 0. The molecule has 0 spiro atoms. The minimum absolute atomic E-state index is 0.130. The highest BCUT2D eigenvalue weighted by molar-refractivity contribution is 7.89. The second kappa shape index (κ2) is 7.86. The van der Waals surface area contributed by atoms with Gasteiger partial charge in [-0.3, -0.25) is 13.9 Å². The lowest BCUT2D eigenvalue weighted by Crippen LogP contribution is -2.50. The van der Waals surface area contributed by atoms with E-state index in [-0.39, 0.29) is 42.7 Å². The molecule has 1 amide bonds. The Hall–Kier alpha value is -3.11. The Bertz CT molecular complexity index is 1320. The minimum Gasteiger partial charge on any atom is -0.496 e. The summed E-state index contributed by atoms with van der Waals surface area (Å²) in [4.78, 5) is 26.8. The zero-order valence-corrected chi connectivity index (χ0v) is 18.4. The molecule has 1 aliphatic heterocycles. The summed E-state index contributed by atoms with van der Waals surface area (Å²) >= 11 is 0. The lowest BCUT2D eigenvalue weighted by Gasteiger charge is -2.34. The molecule has 1 saturated heterocycles. The van der Waals surface area contributed by atoms with E-state index in [0.717, 1.165) is 0 Å². The number of aryl methyl sites for hydroxylation is 2. The average Bonchev–Trinajstić information content (AvgIpc) is 3.02. The fourth-order valence-electron chi connectivity index (χ4n) is 3.92. The van der Waals surface area contributed by atoms with Crippen LogP contribution in [0.3, 0.4) is 0 Å². The molecule has 0 bridgehead atoms. The van der Waals surface area contributed by atoms with E-state index in [4.69, 9.17) is 4.74 Å². The van der Waals surface area contributed by atoms with Gasteiger partial charge in [0.2, 0.25) is 10.0 Å². The third-order valence-corrected chi connectivity index (χ3v) is 7.64. The molecule has 2 aromatic carbocycles. The number of amides is 1. The molecule has 0 radical (unpaired) electrons. The third kappa shape index (κ3) is 3.51. The van der Waals surface area contributed by atoms with Gasteiger partial charge in [0, 0.05) is 40.3 Å². The molecule has 1 fully saturated rings. The van der Waals surface area contributed by atoms with Gasteiger partial charge < -0.3 is 9.64 Å². The van der Waals surface area contributed by atoms with Crippen molar-refractivity contribution in [2.45, 2.75) is 4.90 Å². The lowest BCUT2D eigenvalue weighted by molar-refractivity contribution is 0.0694. The first-order valence-electron chi connectivity index (χ1n) is 9.83. The largest absolute Gasteiger partial charge is 0.496 e. The molecule has 0 aliphatic carbocycles. The van der Waals surface area contributed by atoms with Crippen molar-refractivity contribution < 1.29 is 17.9 Å². The Morgan fingerprint density at radius 2 is 1.58 bits per heavy atom. The van der Waals surface area contributed by atoms with E-state index in [2.05, 4.69) is 0 Å². The first-order valence-corrected chi connectivity index (χ1v) is 11.3. The van der Waals surface area contributed by atoms with Crippen LogP contribution < -0.4 is 10.4 Å². The molecular formula is C21H24N4O5S. The van der Waals surface area contributed by atoms with E-state index < -0.39 is 10.0 Å². The number of hydrogen-bond acceptors (Lipinski definition) is 5. The fourth-order valence-corrected chi connectivity index (χ4v) is 5.36. The molecule has 0 unspecified atom stereocenters. The van der Waals surface area contributed by atoms with Gasteiger partial charge in [-0.15, -0.1) is 0 Å². The van der Waals surface area contributed by atoms with Crippen molar-refractivity contribution in [1.29, 1.82) is 0 Å². The van der Waals surface area contributed by atoms with Gasteiger partial charge >= 0.3 is 5.69 Å². The van der Waals surface area contributed by atoms with E-state index in [1.165, 1.54) is 32.7 Å². The number of nitrogens with zero attached hydrogens (tertiary/aromatic N) is 4. The van der Waals surface area contributed by atoms with Gasteiger partial charge in [-0.05, 0) is 30.3 Å². The van der Waals surface area contributed by atoms with Gasteiger partial charge in [0.1, 0.15) is 5.75 Å². The van der Waals surface area contributed by atoms with Crippen molar-refractivity contribution in [1.82, 2.24) is 18.3 Å². The maximum absolute atomic E-state index is 13.2. The van der Waals surface area contributed by atoms with Gasteiger partial charge in [0.05, 0.1) is 28.6 Å². The number of ether oxygens (including phenoxy) is 1. The first kappa shape index (κ1) is 21.1. The molecule has 2 heterocycles. The zero-order chi connectivity index (χ0) is 22.3. The van der Waals surface area contributed by atoms with E-state index in [0.29, 0.717) is 22.3 Å². The number of carbonyl (C=O) groups is 1. The van der Waals surface area contributed by atoms with Gasteiger partial charge in [0.15, 0.2) is 0 Å². The Balaban J connectivity index is 1.54. The number of benzene rings is 2. The Kier molecular flexibility index (Phi) is 5.36. The Labute approximate surface area is 180 Å². The summed E-state index contributed by atoms with van der Waals surface area (Å²) in [5.74, 6) is 0.305. The minimum atomic E-state index is -3.75. The van der Waals surface area contributed by atoms with Crippen LogP contribution in [0.1, 0.15) is 10.4 Å². The summed E-state index contributed by atoms with van der Waals surface area (Å²) in [6.07, 6.45) is 0. The molecule has 3 aromatic rings. The first-order chi connectivity index (χ1) is 14.8. The number of piperazine rings is 1. The number of rotatable bonds is 4. The Morgan fingerprint density at radius 3 is 2.26 bits per heavy atom. The van der Waals surface area contributed by atoms with E-state index in [1.807, 2.05) is 0 Å². The fraction of sp³-hybridized carbons (Fsp3) is 0.333. The van der Waals surface area contributed by atoms with Crippen LogP contribution in [0, 0.1) is 0 Å². The molecule has 31 heavy (non-hydrogen) atoms. The second-order valence-electron chi connectivity index (χ2n) is 7.45. The maximum Gasteiger partial charge on any atom is 0.328 e. The quantitative estimate of drug-likeness (QED) is 0.599. The lowest BCUT2D eigenvalue weighted by atomic mass is 10.1. The molecule has 1 aliphatic rings. The third-order valence-electron chi connectivity index (χ3n) is 5.74. The molecule has 10 heteroatoms. The van der Waals surface area contributed by atoms with Gasteiger partial charge in [-0.25, -0.2) is 13.2 Å². The van der Waals surface area contributed by atoms with Crippen LogP contribution in [0.4, 0.5) is 0 Å². The number of fused-ring (bicyclic) bond motifs is 1. The molecule has 164 valence electrons. The summed E-state index contributed by atoms with van der Waals surface area (Å²) < 4.78 is 35.9. The number of hydrogen-bond donors (Lipinski definition) is 0. The van der Waals surface area contributed by atoms with E-state index in [1.54, 1.807) is 49.3 Å². The average molecular weight is 445 g/mol. The number of sulfonamides is 1. The summed E-state index contributed by atoms with van der Waals surface area (Å²) in [6.45, 7) is 0.939. The van der Waals surface area contributed by atoms with E-state index >= 15 is 0 Å². The highest BCUT2D eigenvalue weighted by Gasteiger charge is 2.31. The van der Waals surface area contributed by atoms with Crippen LogP contribution in [0.5, 0.6) is 5.75 Å². The highest BCUT2D eigenvalue weighted by Crippen LogP contribution is 2.24. The van der Waals surface area contributed by atoms with Gasteiger partial charge in [0.25, 0.3) is 5.91 Å². The molecule has 1 aromatic heterocycles. The summed E-state index contributed by atoms with van der Waals surface area (Å²) in [6, 6.07) is 11.7. The molecular weight excluding hydrogens is 420 g/mol. The van der Waals surface area contributed by atoms with Gasteiger partial charge in [-0.1, -0.05) is 12.1 Å². The second-order valence-corrected chi connectivity index (χ2v) is 9.39. The summed E-state index contributed by atoms with van der Waals surface area (Å²) in [7, 11) is 1.02. The molecule has 9 nitrogen and oxygen atoms in total. The van der Waals surface area contributed by atoms with Crippen molar-refractivity contribution in [2.75, 3.05) is 33.3 Å². The maximum atomic E-state index is 13.2. The van der Waals surface area contributed by atoms with Crippen LogP contribution in [-0.2, 0) is 24.1 Å². The van der Waals surface area contributed by atoms with E-state index in [9.17, 15) is 18.0 Å². The number of methoxy groups -OCH3 is 1. The van der Waals surface area contributed by atoms with Gasteiger partial charge in [-0.2, -0.15) is 4.31 Å². The monoisotopic (exact) mass is 444 g/mol. The predicted octanol–water partition coefficient (Wildman–Crippen LogP) is 1.03. The van der Waals surface area contributed by atoms with Crippen molar-refractivity contribution >= 4 is 27.0 Å². The number of imidazole rings is 1. The Morgan fingerprint density at radius 1 is 0.935 bits per heavy atom. The molecule has 4 rings (SSSR count). The predicted molar refractivity (Wildman–Crippen MR) is 116 cm³/mol. The smallest absolute Gasteiger partial charge is 0.328 e. The van der Waals surface area contributed by atoms with Crippen molar-refractivity contribution in [3.63, 3.8) is 0 Å². The van der Waals surface area contributed by atoms with Crippen LogP contribution >= 0.6 is 0 Å². The zero-order valence-electron chi connectivity index (χ0n) is 17.6. The van der Waals surface area contributed by atoms with Crippen LogP contribution in [0.2, 0.25) is 0 Å². The van der Waals surface area contributed by atoms with Crippen molar-refractivity contribution in [3.05, 3.63) is 58.5 Å². The highest BCUT2D eigenvalue weighted by atomic mass is 32.2. The number of para-hydroxylation sites is 1. The number of carbonyl (C=O) groups excluding carboxylic acids is 1. The van der Waals surface area contributed by atoms with Crippen molar-refractivity contribution in [3.8, 4) is 5.75 Å². The summed E-state index contributed by atoms with van der Waals surface area (Å²) in [5.41, 5.74) is 1.46. The topological polar surface area (TPSA) is 93.8 Å². The standard InChI is InChI=1S/C21H24N4O5S/c1-22-17-9-8-15(14-18(17)23(2)21(22)27)31(28,29)25-12-10-24(11-13-25)20(26)16-6-4-5-7-19(16)30-3/h4-9,14H,10-13H2,1-3H3. The normalized spacial score (nSPS) is 15.4. The van der Waals surface area contributed by atoms with Crippen LogP contribution in [-0.4, -0.2) is 66.0 Å². The molecule has 0 N–H and O–H groups in total. The number of aromatic nitrogens is 2. The SMILES string of the molecule is COc1ccccc1C(=O)N1CCN(S(=O)(=O)c2ccc3c(c2)n(C)c(=O)n3C)CC1. The van der Waals surface area contributed by atoms with Crippen molar-refractivity contribution in [2.24, 2.45) is 14.1 Å². The molecule has 0 saturated carbocycles. The molecule has 0 atom stereocenters.